The molecule has 1 aromatic carbocycles. The Balaban J connectivity index is 2.31. The molecule has 0 aliphatic carbocycles. The van der Waals surface area contributed by atoms with Crippen LogP contribution in [-0.2, 0) is 5.75 Å². The minimum atomic E-state index is 1.12. The number of hydrogen-bond donors (Lipinski definition) is 1. The molecule has 0 fully saturated rings. The Morgan fingerprint density at radius 3 is 2.40 bits per heavy atom. The van der Waals surface area contributed by atoms with Crippen molar-refractivity contribution in [1.82, 2.24) is 5.32 Å². The third-order valence-electron chi connectivity index (χ3n) is 2.27. The van der Waals surface area contributed by atoms with Crippen LogP contribution in [-0.4, -0.2) is 19.3 Å². The average molecular weight is 223 g/mol. The molecule has 2 heteroatoms. The van der Waals surface area contributed by atoms with E-state index in [0.717, 1.165) is 12.3 Å². The summed E-state index contributed by atoms with van der Waals surface area (Å²) in [5.41, 5.74) is 4.21. The number of aryl methyl sites for hydroxylation is 2. The van der Waals surface area contributed by atoms with Gasteiger partial charge in [0.2, 0.25) is 0 Å². The molecule has 1 rings (SSSR count). The summed E-state index contributed by atoms with van der Waals surface area (Å²) in [4.78, 5) is 0. The fourth-order valence-corrected chi connectivity index (χ4v) is 2.59. The molecule has 0 saturated carbocycles. The van der Waals surface area contributed by atoms with Crippen molar-refractivity contribution in [1.29, 1.82) is 0 Å². The maximum absolute atomic E-state index is 3.17. The Bertz CT molecular complexity index is 276. The lowest BCUT2D eigenvalue weighted by Crippen LogP contribution is -2.08. The highest BCUT2D eigenvalue weighted by molar-refractivity contribution is 7.98. The SMILES string of the molecule is CNCCCSCc1cc(C)cc(C)c1. The highest BCUT2D eigenvalue weighted by Gasteiger charge is 1.96. The quantitative estimate of drug-likeness (QED) is 0.744. The van der Waals surface area contributed by atoms with Gasteiger partial charge in [-0.1, -0.05) is 29.3 Å². The van der Waals surface area contributed by atoms with Crippen molar-refractivity contribution >= 4 is 11.8 Å². The topological polar surface area (TPSA) is 12.0 Å². The van der Waals surface area contributed by atoms with Crippen LogP contribution in [0.3, 0.4) is 0 Å². The normalized spacial score (nSPS) is 10.6. The summed E-state index contributed by atoms with van der Waals surface area (Å²) in [6.07, 6.45) is 1.26. The van der Waals surface area contributed by atoms with Crippen LogP contribution < -0.4 is 5.32 Å². The van der Waals surface area contributed by atoms with Gasteiger partial charge < -0.3 is 5.32 Å². The first kappa shape index (κ1) is 12.6. The molecule has 0 aliphatic rings. The van der Waals surface area contributed by atoms with Crippen molar-refractivity contribution < 1.29 is 0 Å². The molecule has 1 N–H and O–H groups in total. The predicted molar refractivity (Wildman–Crippen MR) is 70.6 cm³/mol. The zero-order chi connectivity index (χ0) is 11.1. The van der Waals surface area contributed by atoms with Crippen molar-refractivity contribution in [2.75, 3.05) is 19.3 Å². The summed E-state index contributed by atoms with van der Waals surface area (Å²) in [7, 11) is 2.01. The van der Waals surface area contributed by atoms with E-state index in [-0.39, 0.29) is 0 Å². The van der Waals surface area contributed by atoms with E-state index in [4.69, 9.17) is 0 Å². The predicted octanol–water partition coefficient (Wildman–Crippen LogP) is 3.15. The zero-order valence-electron chi connectivity index (χ0n) is 9.97. The van der Waals surface area contributed by atoms with E-state index in [2.05, 4.69) is 37.4 Å². The monoisotopic (exact) mass is 223 g/mol. The van der Waals surface area contributed by atoms with Crippen LogP contribution in [0.5, 0.6) is 0 Å². The van der Waals surface area contributed by atoms with E-state index >= 15 is 0 Å². The minimum absolute atomic E-state index is 1.12. The fraction of sp³-hybridized carbons (Fsp3) is 0.538. The summed E-state index contributed by atoms with van der Waals surface area (Å²) < 4.78 is 0. The largest absolute Gasteiger partial charge is 0.320 e. The lowest BCUT2D eigenvalue weighted by atomic mass is 10.1. The Kier molecular flexibility index (Phi) is 5.81. The molecule has 0 saturated heterocycles. The molecule has 0 unspecified atom stereocenters. The molecule has 0 heterocycles. The van der Waals surface area contributed by atoms with Crippen LogP contribution in [0.1, 0.15) is 23.1 Å². The molecule has 0 spiro atoms. The van der Waals surface area contributed by atoms with Gasteiger partial charge in [0.05, 0.1) is 0 Å². The van der Waals surface area contributed by atoms with Gasteiger partial charge in [0.1, 0.15) is 0 Å². The first-order valence-electron chi connectivity index (χ1n) is 5.52. The third-order valence-corrected chi connectivity index (χ3v) is 3.38. The summed E-state index contributed by atoms with van der Waals surface area (Å²) in [6, 6.07) is 6.81. The van der Waals surface area contributed by atoms with Gasteiger partial charge in [-0.2, -0.15) is 11.8 Å². The molecule has 0 aromatic heterocycles. The van der Waals surface area contributed by atoms with Gasteiger partial charge in [-0.05, 0) is 45.2 Å². The van der Waals surface area contributed by atoms with Gasteiger partial charge in [-0.25, -0.2) is 0 Å². The molecule has 1 aromatic rings. The first-order chi connectivity index (χ1) is 7.22. The zero-order valence-corrected chi connectivity index (χ0v) is 10.8. The Morgan fingerprint density at radius 1 is 1.13 bits per heavy atom. The maximum Gasteiger partial charge on any atom is 0.0184 e. The van der Waals surface area contributed by atoms with Crippen LogP contribution in [0.2, 0.25) is 0 Å². The number of rotatable bonds is 6. The van der Waals surface area contributed by atoms with Crippen LogP contribution in [0.15, 0.2) is 18.2 Å². The highest BCUT2D eigenvalue weighted by Crippen LogP contribution is 2.16. The second kappa shape index (κ2) is 6.91. The van der Waals surface area contributed by atoms with Crippen molar-refractivity contribution in [2.24, 2.45) is 0 Å². The summed E-state index contributed by atoms with van der Waals surface area (Å²) in [5, 5.41) is 3.17. The Hall–Kier alpha value is -0.470. The van der Waals surface area contributed by atoms with Crippen molar-refractivity contribution in [3.05, 3.63) is 34.9 Å². The molecule has 1 nitrogen and oxygen atoms in total. The van der Waals surface area contributed by atoms with Crippen molar-refractivity contribution in [3.63, 3.8) is 0 Å². The van der Waals surface area contributed by atoms with E-state index < -0.39 is 0 Å². The number of hydrogen-bond acceptors (Lipinski definition) is 2. The summed E-state index contributed by atoms with van der Waals surface area (Å²) >= 11 is 2.02. The standard InChI is InChI=1S/C13H21NS/c1-11-7-12(2)9-13(8-11)10-15-6-4-5-14-3/h7-9,14H,4-6,10H2,1-3H3. The minimum Gasteiger partial charge on any atom is -0.320 e. The van der Waals surface area contributed by atoms with E-state index in [1.165, 1.54) is 28.9 Å². The van der Waals surface area contributed by atoms with Gasteiger partial charge in [-0.3, -0.25) is 0 Å². The van der Waals surface area contributed by atoms with Gasteiger partial charge in [0, 0.05) is 5.75 Å². The molecule has 0 aliphatic heterocycles. The lowest BCUT2D eigenvalue weighted by molar-refractivity contribution is 0.778. The van der Waals surface area contributed by atoms with E-state index in [1.807, 2.05) is 18.8 Å². The van der Waals surface area contributed by atoms with E-state index in [9.17, 15) is 0 Å². The van der Waals surface area contributed by atoms with Crippen LogP contribution in [0.25, 0.3) is 0 Å². The average Bonchev–Trinajstić information content (AvgIpc) is 2.16. The number of nitrogens with one attached hydrogen (secondary N) is 1. The lowest BCUT2D eigenvalue weighted by Gasteiger charge is -2.05. The number of thioether (sulfide) groups is 1. The fourth-order valence-electron chi connectivity index (χ4n) is 1.69. The van der Waals surface area contributed by atoms with Crippen LogP contribution in [0, 0.1) is 13.8 Å². The molecule has 0 radical (unpaired) electrons. The molecule has 0 amide bonds. The summed E-state index contributed by atoms with van der Waals surface area (Å²) in [5.74, 6) is 2.39. The van der Waals surface area contributed by atoms with Gasteiger partial charge in [-0.15, -0.1) is 0 Å². The smallest absolute Gasteiger partial charge is 0.0184 e. The molecular weight excluding hydrogens is 202 g/mol. The highest BCUT2D eigenvalue weighted by atomic mass is 32.2. The van der Waals surface area contributed by atoms with Gasteiger partial charge in [0.15, 0.2) is 0 Å². The molecule has 0 bridgehead atoms. The van der Waals surface area contributed by atoms with E-state index in [0.29, 0.717) is 0 Å². The molecule has 84 valence electrons. The second-order valence-electron chi connectivity index (χ2n) is 4.01. The Labute approximate surface area is 97.7 Å². The Morgan fingerprint density at radius 2 is 1.80 bits per heavy atom. The van der Waals surface area contributed by atoms with E-state index in [1.54, 1.807) is 0 Å². The second-order valence-corrected chi connectivity index (χ2v) is 5.11. The van der Waals surface area contributed by atoms with Crippen molar-refractivity contribution in [2.45, 2.75) is 26.0 Å². The molecule has 0 atom stereocenters. The number of benzene rings is 1. The van der Waals surface area contributed by atoms with Crippen LogP contribution >= 0.6 is 11.8 Å². The van der Waals surface area contributed by atoms with Crippen LogP contribution in [0.4, 0.5) is 0 Å². The third kappa shape index (κ3) is 5.24. The van der Waals surface area contributed by atoms with Gasteiger partial charge >= 0.3 is 0 Å². The molecular formula is C13H21NS. The maximum atomic E-state index is 3.17. The van der Waals surface area contributed by atoms with Gasteiger partial charge in [0.25, 0.3) is 0 Å². The first-order valence-corrected chi connectivity index (χ1v) is 6.67. The molecule has 15 heavy (non-hydrogen) atoms. The summed E-state index contributed by atoms with van der Waals surface area (Å²) in [6.45, 7) is 5.46. The van der Waals surface area contributed by atoms with Crippen molar-refractivity contribution in [3.8, 4) is 0 Å².